The van der Waals surface area contributed by atoms with Gasteiger partial charge >= 0.3 is 0 Å². The Morgan fingerprint density at radius 3 is 2.80 bits per heavy atom. The first kappa shape index (κ1) is 14.7. The summed E-state index contributed by atoms with van der Waals surface area (Å²) in [6.07, 6.45) is 0. The molecule has 1 N–H and O–H groups in total. The summed E-state index contributed by atoms with van der Waals surface area (Å²) in [6.45, 7) is 1.18. The molecule has 0 unspecified atom stereocenters. The monoisotopic (exact) mass is 350 g/mol. The van der Waals surface area contributed by atoms with Crippen molar-refractivity contribution in [1.29, 1.82) is 5.26 Å². The molecule has 0 amide bonds. The fourth-order valence-corrected chi connectivity index (χ4v) is 2.24. The average molecular weight is 352 g/mol. The van der Waals surface area contributed by atoms with Crippen molar-refractivity contribution in [3.8, 4) is 11.8 Å². The molecule has 0 bridgehead atoms. The molecule has 102 valence electrons. The van der Waals surface area contributed by atoms with E-state index in [4.69, 9.17) is 21.6 Å². The molecule has 2 aromatic carbocycles. The van der Waals surface area contributed by atoms with Crippen LogP contribution in [-0.4, -0.2) is 13.2 Å². The zero-order chi connectivity index (χ0) is 14.4. The molecule has 2 aromatic rings. The van der Waals surface area contributed by atoms with Crippen molar-refractivity contribution < 1.29 is 4.74 Å². The smallest absolute Gasteiger partial charge is 0.120 e. The summed E-state index contributed by atoms with van der Waals surface area (Å²) < 4.78 is 6.59. The normalized spacial score (nSPS) is 9.85. The highest BCUT2D eigenvalue weighted by atomic mass is 79.9. The lowest BCUT2D eigenvalue weighted by molar-refractivity contribution is 0.332. The number of nitriles is 1. The van der Waals surface area contributed by atoms with Crippen LogP contribution in [0.5, 0.6) is 5.75 Å². The summed E-state index contributed by atoms with van der Waals surface area (Å²) in [6, 6.07) is 15.0. The Morgan fingerprint density at radius 1 is 1.25 bits per heavy atom. The van der Waals surface area contributed by atoms with Gasteiger partial charge in [-0.1, -0.05) is 33.6 Å². The van der Waals surface area contributed by atoms with Crippen molar-refractivity contribution in [2.75, 3.05) is 18.5 Å². The Hall–Kier alpha value is -1.70. The molecule has 0 atom stereocenters. The molecule has 5 heteroatoms. The van der Waals surface area contributed by atoms with Crippen LogP contribution in [0.3, 0.4) is 0 Å². The first-order chi connectivity index (χ1) is 9.69. The Bertz CT molecular complexity index is 640. The lowest BCUT2D eigenvalue weighted by Crippen LogP contribution is -2.11. The summed E-state index contributed by atoms with van der Waals surface area (Å²) in [4.78, 5) is 0. The van der Waals surface area contributed by atoms with E-state index in [2.05, 4.69) is 21.2 Å². The molecule has 20 heavy (non-hydrogen) atoms. The van der Waals surface area contributed by atoms with Gasteiger partial charge in [0.15, 0.2) is 0 Å². The van der Waals surface area contributed by atoms with Gasteiger partial charge in [0, 0.05) is 16.7 Å². The molecule has 0 radical (unpaired) electrons. The minimum absolute atomic E-state index is 0.449. The quantitative estimate of drug-likeness (QED) is 0.809. The predicted octanol–water partition coefficient (Wildman–Crippen LogP) is 4.47. The van der Waals surface area contributed by atoms with E-state index in [1.807, 2.05) is 36.4 Å². The average Bonchev–Trinajstić information content (AvgIpc) is 2.44. The van der Waals surface area contributed by atoms with E-state index in [1.165, 1.54) is 0 Å². The summed E-state index contributed by atoms with van der Waals surface area (Å²) >= 11 is 9.35. The van der Waals surface area contributed by atoms with Crippen molar-refractivity contribution in [3.63, 3.8) is 0 Å². The molecule has 0 heterocycles. The number of ether oxygens (including phenoxy) is 1. The maximum absolute atomic E-state index is 8.79. The van der Waals surface area contributed by atoms with Gasteiger partial charge in [-0.2, -0.15) is 5.26 Å². The molecular formula is C15H12BrClN2O. The van der Waals surface area contributed by atoms with Crippen molar-refractivity contribution >= 4 is 33.2 Å². The number of benzene rings is 2. The van der Waals surface area contributed by atoms with Crippen molar-refractivity contribution in [1.82, 2.24) is 0 Å². The molecule has 0 saturated carbocycles. The van der Waals surface area contributed by atoms with Crippen LogP contribution in [0, 0.1) is 11.3 Å². The van der Waals surface area contributed by atoms with E-state index in [0.29, 0.717) is 23.7 Å². The zero-order valence-corrected chi connectivity index (χ0v) is 12.9. The van der Waals surface area contributed by atoms with E-state index in [9.17, 15) is 0 Å². The molecule has 0 fully saturated rings. The van der Waals surface area contributed by atoms with E-state index < -0.39 is 0 Å². The van der Waals surface area contributed by atoms with Gasteiger partial charge in [-0.3, -0.25) is 0 Å². The Labute approximate surface area is 131 Å². The van der Waals surface area contributed by atoms with Crippen LogP contribution in [0.1, 0.15) is 5.56 Å². The molecule has 0 aliphatic carbocycles. The van der Waals surface area contributed by atoms with Gasteiger partial charge in [0.2, 0.25) is 0 Å². The zero-order valence-electron chi connectivity index (χ0n) is 10.6. The number of hydrogen-bond donors (Lipinski definition) is 1. The molecule has 0 saturated heterocycles. The number of anilines is 1. The number of hydrogen-bond acceptors (Lipinski definition) is 3. The third-order valence-corrected chi connectivity index (χ3v) is 3.39. The maximum Gasteiger partial charge on any atom is 0.120 e. The van der Waals surface area contributed by atoms with Gasteiger partial charge in [-0.15, -0.1) is 0 Å². The summed E-state index contributed by atoms with van der Waals surface area (Å²) in [5, 5.41) is 12.4. The summed E-state index contributed by atoms with van der Waals surface area (Å²) in [7, 11) is 0. The Morgan fingerprint density at radius 2 is 2.10 bits per heavy atom. The van der Waals surface area contributed by atoms with Crippen molar-refractivity contribution in [3.05, 3.63) is 57.5 Å². The van der Waals surface area contributed by atoms with Crippen LogP contribution in [0.15, 0.2) is 46.9 Å². The van der Waals surface area contributed by atoms with Gasteiger partial charge in [-0.05, 0) is 36.4 Å². The lowest BCUT2D eigenvalue weighted by Gasteiger charge is -2.09. The van der Waals surface area contributed by atoms with Crippen molar-refractivity contribution in [2.24, 2.45) is 0 Å². The Balaban J connectivity index is 1.82. The van der Waals surface area contributed by atoms with E-state index in [-0.39, 0.29) is 0 Å². The standard InChI is InChI=1S/C15H12BrClN2O/c16-12-2-1-3-14(8-12)20-7-6-19-13-5-4-11(10-18)15(17)9-13/h1-5,8-9,19H,6-7H2. The topological polar surface area (TPSA) is 45.0 Å². The van der Waals surface area contributed by atoms with Crippen LogP contribution >= 0.6 is 27.5 Å². The SMILES string of the molecule is N#Cc1ccc(NCCOc2cccc(Br)c2)cc1Cl. The third-order valence-electron chi connectivity index (χ3n) is 2.59. The second-order valence-electron chi connectivity index (χ2n) is 4.04. The van der Waals surface area contributed by atoms with Gasteiger partial charge in [0.25, 0.3) is 0 Å². The highest BCUT2D eigenvalue weighted by molar-refractivity contribution is 9.10. The second-order valence-corrected chi connectivity index (χ2v) is 5.36. The highest BCUT2D eigenvalue weighted by Gasteiger charge is 2.00. The van der Waals surface area contributed by atoms with E-state index >= 15 is 0 Å². The lowest BCUT2D eigenvalue weighted by atomic mass is 10.2. The van der Waals surface area contributed by atoms with Crippen molar-refractivity contribution in [2.45, 2.75) is 0 Å². The third kappa shape index (κ3) is 4.16. The number of halogens is 2. The Kier molecular flexibility index (Phi) is 5.28. The first-order valence-electron chi connectivity index (χ1n) is 6.01. The maximum atomic E-state index is 8.79. The van der Waals surface area contributed by atoms with Crippen LogP contribution in [0.4, 0.5) is 5.69 Å². The van der Waals surface area contributed by atoms with Crippen LogP contribution < -0.4 is 10.1 Å². The van der Waals surface area contributed by atoms with E-state index in [0.717, 1.165) is 15.9 Å². The molecule has 3 nitrogen and oxygen atoms in total. The van der Waals surface area contributed by atoms with Gasteiger partial charge in [0.1, 0.15) is 18.4 Å². The summed E-state index contributed by atoms with van der Waals surface area (Å²) in [5.74, 6) is 0.819. The number of rotatable bonds is 5. The second kappa shape index (κ2) is 7.18. The van der Waals surface area contributed by atoms with Gasteiger partial charge < -0.3 is 10.1 Å². The molecular weight excluding hydrogens is 340 g/mol. The van der Waals surface area contributed by atoms with Crippen LogP contribution in [0.25, 0.3) is 0 Å². The van der Waals surface area contributed by atoms with E-state index in [1.54, 1.807) is 12.1 Å². The molecule has 0 aliphatic rings. The van der Waals surface area contributed by atoms with Crippen LogP contribution in [0.2, 0.25) is 5.02 Å². The molecule has 2 rings (SSSR count). The first-order valence-corrected chi connectivity index (χ1v) is 7.18. The van der Waals surface area contributed by atoms with Crippen LogP contribution in [-0.2, 0) is 0 Å². The van der Waals surface area contributed by atoms with Gasteiger partial charge in [-0.25, -0.2) is 0 Å². The fourth-order valence-electron chi connectivity index (χ4n) is 1.64. The molecule has 0 aliphatic heterocycles. The highest BCUT2D eigenvalue weighted by Crippen LogP contribution is 2.20. The molecule has 0 spiro atoms. The summed E-state index contributed by atoms with van der Waals surface area (Å²) in [5.41, 5.74) is 1.34. The number of nitrogens with one attached hydrogen (secondary N) is 1. The minimum Gasteiger partial charge on any atom is -0.492 e. The minimum atomic E-state index is 0.449. The molecule has 0 aromatic heterocycles. The number of nitrogens with zero attached hydrogens (tertiary/aromatic N) is 1. The largest absolute Gasteiger partial charge is 0.492 e. The predicted molar refractivity (Wildman–Crippen MR) is 84.3 cm³/mol. The van der Waals surface area contributed by atoms with Gasteiger partial charge in [0.05, 0.1) is 10.6 Å². The fraction of sp³-hybridized carbons (Fsp3) is 0.133.